The van der Waals surface area contributed by atoms with Crippen LogP contribution in [0.25, 0.3) is 10.9 Å². The molecule has 0 aliphatic heterocycles. The number of urea groups is 1. The maximum Gasteiger partial charge on any atom is 0.319 e. The summed E-state index contributed by atoms with van der Waals surface area (Å²) in [6.07, 6.45) is 2.72. The number of carbonyl (C=O) groups excluding carboxylic acids is 1. The number of benzene rings is 2. The zero-order chi connectivity index (χ0) is 16.2. The Balaban J connectivity index is 1.54. The number of aromatic nitrogens is 1. The molecule has 1 heterocycles. The molecule has 0 bridgehead atoms. The number of para-hydroxylation sites is 1. The van der Waals surface area contributed by atoms with Gasteiger partial charge in [0.15, 0.2) is 0 Å². The molecule has 3 aromatic rings. The van der Waals surface area contributed by atoms with Crippen molar-refractivity contribution in [2.75, 3.05) is 11.9 Å². The van der Waals surface area contributed by atoms with Crippen LogP contribution in [0.15, 0.2) is 48.7 Å². The Bertz CT molecular complexity index is 845. The molecule has 0 spiro atoms. The van der Waals surface area contributed by atoms with Crippen LogP contribution in [0.3, 0.4) is 0 Å². The van der Waals surface area contributed by atoms with E-state index in [0.717, 1.165) is 11.9 Å². The van der Waals surface area contributed by atoms with Crippen molar-refractivity contribution in [1.82, 2.24) is 10.3 Å². The molecule has 4 nitrogen and oxygen atoms in total. The molecular weight excluding hydrogens is 333 g/mol. The number of halogens is 2. The molecule has 1 aromatic heterocycles. The number of anilines is 1. The highest BCUT2D eigenvalue weighted by Crippen LogP contribution is 2.24. The summed E-state index contributed by atoms with van der Waals surface area (Å²) >= 11 is 11.8. The fraction of sp³-hybridized carbons (Fsp3) is 0.118. The van der Waals surface area contributed by atoms with Crippen molar-refractivity contribution < 1.29 is 4.79 Å². The number of nitrogens with one attached hydrogen (secondary N) is 3. The van der Waals surface area contributed by atoms with Crippen LogP contribution < -0.4 is 10.6 Å². The Morgan fingerprint density at radius 3 is 2.74 bits per heavy atom. The number of hydrogen-bond donors (Lipinski definition) is 3. The fourth-order valence-corrected chi connectivity index (χ4v) is 2.70. The number of carbonyl (C=O) groups is 1. The molecule has 23 heavy (non-hydrogen) atoms. The van der Waals surface area contributed by atoms with E-state index in [1.165, 1.54) is 10.9 Å². The normalized spacial score (nSPS) is 10.7. The quantitative estimate of drug-likeness (QED) is 0.621. The summed E-state index contributed by atoms with van der Waals surface area (Å²) in [6, 6.07) is 12.8. The van der Waals surface area contributed by atoms with Gasteiger partial charge in [0.1, 0.15) is 0 Å². The van der Waals surface area contributed by atoms with Crippen molar-refractivity contribution in [3.05, 3.63) is 64.3 Å². The van der Waals surface area contributed by atoms with Crippen LogP contribution in [-0.4, -0.2) is 17.6 Å². The number of H-pyrrole nitrogens is 1. The second-order valence-electron chi connectivity index (χ2n) is 5.12. The average Bonchev–Trinajstić information content (AvgIpc) is 2.94. The van der Waals surface area contributed by atoms with E-state index in [1.807, 2.05) is 24.4 Å². The second-order valence-corrected chi connectivity index (χ2v) is 5.93. The molecule has 2 amide bonds. The zero-order valence-corrected chi connectivity index (χ0v) is 13.7. The number of aromatic amines is 1. The smallest absolute Gasteiger partial charge is 0.319 e. The maximum atomic E-state index is 11.9. The van der Waals surface area contributed by atoms with Gasteiger partial charge in [-0.2, -0.15) is 0 Å². The number of rotatable bonds is 4. The van der Waals surface area contributed by atoms with Gasteiger partial charge in [-0.3, -0.25) is 0 Å². The summed E-state index contributed by atoms with van der Waals surface area (Å²) in [7, 11) is 0. The van der Waals surface area contributed by atoms with Crippen molar-refractivity contribution in [3.8, 4) is 0 Å². The van der Waals surface area contributed by atoms with Crippen molar-refractivity contribution in [2.45, 2.75) is 6.42 Å². The van der Waals surface area contributed by atoms with E-state index < -0.39 is 0 Å². The van der Waals surface area contributed by atoms with Crippen molar-refractivity contribution in [2.24, 2.45) is 0 Å². The van der Waals surface area contributed by atoms with E-state index in [9.17, 15) is 4.79 Å². The molecule has 0 saturated carbocycles. The van der Waals surface area contributed by atoms with Gasteiger partial charge in [-0.1, -0.05) is 41.4 Å². The highest BCUT2D eigenvalue weighted by atomic mass is 35.5. The molecule has 0 radical (unpaired) electrons. The first-order valence-electron chi connectivity index (χ1n) is 7.18. The summed E-state index contributed by atoms with van der Waals surface area (Å²) < 4.78 is 0. The Hall–Kier alpha value is -2.17. The predicted molar refractivity (Wildman–Crippen MR) is 95.5 cm³/mol. The van der Waals surface area contributed by atoms with Crippen LogP contribution in [0.1, 0.15) is 5.56 Å². The Morgan fingerprint density at radius 2 is 1.91 bits per heavy atom. The summed E-state index contributed by atoms with van der Waals surface area (Å²) in [5.41, 5.74) is 2.88. The summed E-state index contributed by atoms with van der Waals surface area (Å²) in [5.74, 6) is 0. The first-order valence-corrected chi connectivity index (χ1v) is 7.94. The topological polar surface area (TPSA) is 56.9 Å². The van der Waals surface area contributed by atoms with E-state index in [2.05, 4.69) is 21.7 Å². The molecule has 0 aliphatic rings. The number of hydrogen-bond acceptors (Lipinski definition) is 1. The van der Waals surface area contributed by atoms with Crippen LogP contribution >= 0.6 is 23.2 Å². The number of fused-ring (bicyclic) bond motifs is 1. The highest BCUT2D eigenvalue weighted by molar-refractivity contribution is 6.42. The lowest BCUT2D eigenvalue weighted by molar-refractivity contribution is 0.252. The van der Waals surface area contributed by atoms with Gasteiger partial charge in [-0.05, 0) is 36.2 Å². The third kappa shape index (κ3) is 3.78. The van der Waals surface area contributed by atoms with E-state index in [4.69, 9.17) is 23.2 Å². The minimum absolute atomic E-state index is 0.275. The summed E-state index contributed by atoms with van der Waals surface area (Å²) in [6.45, 7) is 0.537. The molecule has 2 aromatic carbocycles. The summed E-state index contributed by atoms with van der Waals surface area (Å²) in [4.78, 5) is 15.1. The van der Waals surface area contributed by atoms with E-state index in [0.29, 0.717) is 22.3 Å². The van der Waals surface area contributed by atoms with Gasteiger partial charge in [0, 0.05) is 29.3 Å². The largest absolute Gasteiger partial charge is 0.361 e. The molecule has 118 valence electrons. The molecule has 6 heteroatoms. The van der Waals surface area contributed by atoms with Crippen LogP contribution in [0.4, 0.5) is 10.5 Å². The molecular formula is C17H15Cl2N3O. The van der Waals surface area contributed by atoms with Gasteiger partial charge in [0.2, 0.25) is 0 Å². The van der Waals surface area contributed by atoms with Gasteiger partial charge in [0.25, 0.3) is 0 Å². The standard InChI is InChI=1S/C17H15Cl2N3O/c18-14-6-5-12(9-15(14)19)22-17(23)20-8-7-11-10-21-16-4-2-1-3-13(11)16/h1-6,9-10,21H,7-8H2,(H2,20,22,23). The Kier molecular flexibility index (Phi) is 4.74. The van der Waals surface area contributed by atoms with Gasteiger partial charge < -0.3 is 15.6 Å². The van der Waals surface area contributed by atoms with E-state index >= 15 is 0 Å². The third-order valence-electron chi connectivity index (χ3n) is 3.53. The van der Waals surface area contributed by atoms with Gasteiger partial charge in [0.05, 0.1) is 10.0 Å². The Labute approximate surface area is 143 Å². The monoisotopic (exact) mass is 347 g/mol. The number of amides is 2. The second kappa shape index (κ2) is 6.94. The van der Waals surface area contributed by atoms with Gasteiger partial charge >= 0.3 is 6.03 Å². The van der Waals surface area contributed by atoms with Crippen molar-refractivity contribution >= 4 is 45.8 Å². The van der Waals surface area contributed by atoms with E-state index in [1.54, 1.807) is 18.2 Å². The van der Waals surface area contributed by atoms with Crippen molar-refractivity contribution in [1.29, 1.82) is 0 Å². The lowest BCUT2D eigenvalue weighted by atomic mass is 10.1. The van der Waals surface area contributed by atoms with Gasteiger partial charge in [-0.25, -0.2) is 4.79 Å². The molecule has 3 N–H and O–H groups in total. The third-order valence-corrected chi connectivity index (χ3v) is 4.27. The first-order chi connectivity index (χ1) is 11.1. The predicted octanol–water partition coefficient (Wildman–Crippen LogP) is 4.84. The van der Waals surface area contributed by atoms with Crippen molar-refractivity contribution in [3.63, 3.8) is 0 Å². The molecule has 0 saturated heterocycles. The van der Waals surface area contributed by atoms with Crippen LogP contribution in [0.2, 0.25) is 10.0 Å². The van der Waals surface area contributed by atoms with E-state index in [-0.39, 0.29) is 6.03 Å². The maximum absolute atomic E-state index is 11.9. The lowest BCUT2D eigenvalue weighted by Gasteiger charge is -2.08. The minimum Gasteiger partial charge on any atom is -0.361 e. The van der Waals surface area contributed by atoms with Crippen LogP contribution in [-0.2, 0) is 6.42 Å². The molecule has 3 rings (SSSR count). The first kappa shape index (κ1) is 15.7. The Morgan fingerprint density at radius 1 is 1.09 bits per heavy atom. The molecule has 0 fully saturated rings. The molecule has 0 aliphatic carbocycles. The lowest BCUT2D eigenvalue weighted by Crippen LogP contribution is -2.30. The zero-order valence-electron chi connectivity index (χ0n) is 12.2. The molecule has 0 unspecified atom stereocenters. The average molecular weight is 348 g/mol. The molecule has 0 atom stereocenters. The SMILES string of the molecule is O=C(NCCc1c[nH]c2ccccc12)Nc1ccc(Cl)c(Cl)c1. The fourth-order valence-electron chi connectivity index (χ4n) is 2.40. The van der Waals surface area contributed by atoms with Crippen LogP contribution in [0.5, 0.6) is 0 Å². The summed E-state index contributed by atoms with van der Waals surface area (Å²) in [5, 5.41) is 7.60. The minimum atomic E-state index is -0.275. The highest BCUT2D eigenvalue weighted by Gasteiger charge is 2.06. The van der Waals surface area contributed by atoms with Gasteiger partial charge in [-0.15, -0.1) is 0 Å². The van der Waals surface area contributed by atoms with Crippen LogP contribution in [0, 0.1) is 0 Å².